The first-order valence-corrected chi connectivity index (χ1v) is 12.0. The molecule has 0 radical (unpaired) electrons. The summed E-state index contributed by atoms with van der Waals surface area (Å²) >= 11 is 0. The first-order chi connectivity index (χ1) is 16.1. The van der Waals surface area contributed by atoms with Gasteiger partial charge < -0.3 is 0 Å². The molecule has 0 amide bonds. The molecule has 0 aliphatic heterocycles. The van der Waals surface area contributed by atoms with Crippen LogP contribution in [0, 0.1) is 62.3 Å². The van der Waals surface area contributed by atoms with Crippen LogP contribution in [-0.4, -0.2) is 10.8 Å². The molecule has 0 bridgehead atoms. The fourth-order valence-electron chi connectivity index (χ4n) is 5.51. The SMILES string of the molecule is Cc1cc(C)c(N=Cc2n(-c3c(C)cc(C)cc3C)cc[n+]2-c2c(C)cc(C)cc2C)c(C)c1. The van der Waals surface area contributed by atoms with Gasteiger partial charge in [-0.1, -0.05) is 53.1 Å². The second kappa shape index (κ2) is 9.06. The van der Waals surface area contributed by atoms with Crippen molar-refractivity contribution in [2.45, 2.75) is 62.3 Å². The highest BCUT2D eigenvalue weighted by molar-refractivity contribution is 5.79. The van der Waals surface area contributed by atoms with Gasteiger partial charge >= 0.3 is 5.82 Å². The maximum absolute atomic E-state index is 5.05. The predicted octanol–water partition coefficient (Wildman–Crippen LogP) is 7.28. The number of benzene rings is 3. The van der Waals surface area contributed by atoms with E-state index in [1.54, 1.807) is 0 Å². The van der Waals surface area contributed by atoms with Crippen LogP contribution in [0.1, 0.15) is 55.9 Å². The van der Waals surface area contributed by atoms with Crippen molar-refractivity contribution in [3.8, 4) is 11.4 Å². The standard InChI is InChI=1S/C31H36N3/c1-19-12-22(4)29(23(5)13-19)32-18-28-33(30-24(6)14-20(2)15-25(30)7)10-11-34(28)31-26(8)16-21(3)17-27(31)9/h10-18H,1-9H3/q+1. The molecule has 0 fully saturated rings. The largest absolute Gasteiger partial charge is 0.310 e. The minimum absolute atomic E-state index is 1.03. The van der Waals surface area contributed by atoms with E-state index in [0.29, 0.717) is 0 Å². The van der Waals surface area contributed by atoms with E-state index in [0.717, 1.165) is 11.5 Å². The molecule has 4 rings (SSSR count). The van der Waals surface area contributed by atoms with Gasteiger partial charge in [-0.05, 0) is 95.7 Å². The first-order valence-electron chi connectivity index (χ1n) is 12.0. The van der Waals surface area contributed by atoms with E-state index in [1.807, 2.05) is 6.21 Å². The van der Waals surface area contributed by atoms with Gasteiger partial charge in [0.25, 0.3) is 0 Å². The smallest absolute Gasteiger partial charge is 0.248 e. The molecular weight excluding hydrogens is 414 g/mol. The van der Waals surface area contributed by atoms with Crippen molar-refractivity contribution in [3.63, 3.8) is 0 Å². The summed E-state index contributed by atoms with van der Waals surface area (Å²) in [6.07, 6.45) is 6.36. The molecule has 0 aliphatic rings. The molecule has 174 valence electrons. The fourth-order valence-corrected chi connectivity index (χ4v) is 5.51. The lowest BCUT2D eigenvalue weighted by molar-refractivity contribution is -0.596. The van der Waals surface area contributed by atoms with Crippen molar-refractivity contribution in [3.05, 3.63) is 105 Å². The van der Waals surface area contributed by atoms with Crippen molar-refractivity contribution in [1.82, 2.24) is 4.57 Å². The van der Waals surface area contributed by atoms with Crippen LogP contribution in [0.4, 0.5) is 5.69 Å². The van der Waals surface area contributed by atoms with Crippen molar-refractivity contribution < 1.29 is 4.57 Å². The van der Waals surface area contributed by atoms with Crippen LogP contribution in [0.2, 0.25) is 0 Å². The topological polar surface area (TPSA) is 21.2 Å². The average Bonchev–Trinajstić information content (AvgIpc) is 3.08. The summed E-state index contributed by atoms with van der Waals surface area (Å²) in [6.45, 7) is 19.5. The molecule has 0 N–H and O–H groups in total. The lowest BCUT2D eigenvalue weighted by Crippen LogP contribution is -2.36. The van der Waals surface area contributed by atoms with E-state index in [-0.39, 0.29) is 0 Å². The first kappa shape index (κ1) is 23.7. The Morgan fingerprint density at radius 1 is 0.618 bits per heavy atom. The number of hydrogen-bond donors (Lipinski definition) is 0. The lowest BCUT2D eigenvalue weighted by Gasteiger charge is -2.12. The second-order valence-electron chi connectivity index (χ2n) is 9.90. The molecule has 0 atom stereocenters. The van der Waals surface area contributed by atoms with Crippen LogP contribution >= 0.6 is 0 Å². The van der Waals surface area contributed by atoms with Gasteiger partial charge in [0.05, 0.1) is 5.69 Å². The number of rotatable bonds is 4. The molecule has 3 heteroatoms. The number of hydrogen-bond acceptors (Lipinski definition) is 1. The van der Waals surface area contributed by atoms with Gasteiger partial charge in [-0.15, -0.1) is 0 Å². The maximum atomic E-state index is 5.05. The van der Waals surface area contributed by atoms with Crippen LogP contribution in [0.3, 0.4) is 0 Å². The summed E-state index contributed by atoms with van der Waals surface area (Å²) in [5.41, 5.74) is 14.7. The third-order valence-corrected chi connectivity index (χ3v) is 6.56. The zero-order chi connectivity index (χ0) is 24.7. The Balaban J connectivity index is 2.00. The monoisotopic (exact) mass is 450 g/mol. The Labute approximate surface area is 204 Å². The van der Waals surface area contributed by atoms with E-state index in [4.69, 9.17) is 4.99 Å². The normalized spacial score (nSPS) is 11.6. The van der Waals surface area contributed by atoms with Crippen LogP contribution in [0.25, 0.3) is 11.4 Å². The number of nitrogens with zero attached hydrogens (tertiary/aromatic N) is 3. The van der Waals surface area contributed by atoms with Crippen LogP contribution in [0.5, 0.6) is 0 Å². The van der Waals surface area contributed by atoms with Crippen molar-refractivity contribution >= 4 is 11.9 Å². The van der Waals surface area contributed by atoms with Crippen molar-refractivity contribution in [1.29, 1.82) is 0 Å². The van der Waals surface area contributed by atoms with Gasteiger partial charge in [-0.2, -0.15) is 9.13 Å². The third-order valence-electron chi connectivity index (χ3n) is 6.56. The predicted molar refractivity (Wildman–Crippen MR) is 144 cm³/mol. The number of aromatic nitrogens is 2. The summed E-state index contributed by atoms with van der Waals surface area (Å²) in [7, 11) is 0. The lowest BCUT2D eigenvalue weighted by atomic mass is 10.0. The maximum Gasteiger partial charge on any atom is 0.310 e. The fraction of sp³-hybridized carbons (Fsp3) is 0.290. The third kappa shape index (κ3) is 4.35. The van der Waals surface area contributed by atoms with E-state index in [9.17, 15) is 0 Å². The molecule has 0 saturated heterocycles. The Morgan fingerprint density at radius 3 is 1.56 bits per heavy atom. The molecule has 3 nitrogen and oxygen atoms in total. The highest BCUT2D eigenvalue weighted by atomic mass is 15.2. The zero-order valence-electron chi connectivity index (χ0n) is 22.0. The summed E-state index contributed by atoms with van der Waals surface area (Å²) in [5.74, 6) is 1.03. The quantitative estimate of drug-likeness (QED) is 0.230. The molecule has 0 saturated carbocycles. The summed E-state index contributed by atoms with van der Waals surface area (Å²) < 4.78 is 4.57. The highest BCUT2D eigenvalue weighted by Crippen LogP contribution is 2.27. The zero-order valence-corrected chi connectivity index (χ0v) is 22.0. The van der Waals surface area contributed by atoms with Crippen molar-refractivity contribution in [2.75, 3.05) is 0 Å². The average molecular weight is 451 g/mol. The molecule has 0 unspecified atom stereocenters. The Bertz CT molecular complexity index is 1290. The molecule has 4 aromatic rings. The van der Waals surface area contributed by atoms with Gasteiger partial charge in [0.15, 0.2) is 0 Å². The van der Waals surface area contributed by atoms with Crippen LogP contribution in [0.15, 0.2) is 53.8 Å². The van der Waals surface area contributed by atoms with E-state index in [2.05, 4.69) is 120 Å². The van der Waals surface area contributed by atoms with Crippen LogP contribution < -0.4 is 4.57 Å². The Morgan fingerprint density at radius 2 is 1.06 bits per heavy atom. The second-order valence-corrected chi connectivity index (χ2v) is 9.90. The van der Waals surface area contributed by atoms with Gasteiger partial charge in [0, 0.05) is 0 Å². The molecule has 3 aromatic carbocycles. The van der Waals surface area contributed by atoms with Gasteiger partial charge in [0.1, 0.15) is 30.0 Å². The molecule has 1 heterocycles. The van der Waals surface area contributed by atoms with E-state index >= 15 is 0 Å². The molecule has 0 aliphatic carbocycles. The Hall–Kier alpha value is -3.46. The van der Waals surface area contributed by atoms with Crippen LogP contribution in [-0.2, 0) is 0 Å². The van der Waals surface area contributed by atoms with Gasteiger partial charge in [-0.3, -0.25) is 0 Å². The summed E-state index contributed by atoms with van der Waals surface area (Å²) in [5, 5.41) is 0. The van der Waals surface area contributed by atoms with E-state index in [1.165, 1.54) is 61.4 Å². The van der Waals surface area contributed by atoms with E-state index < -0.39 is 0 Å². The van der Waals surface area contributed by atoms with Gasteiger partial charge in [-0.25, -0.2) is 4.99 Å². The van der Waals surface area contributed by atoms with Gasteiger partial charge in [0.2, 0.25) is 0 Å². The van der Waals surface area contributed by atoms with Crippen molar-refractivity contribution in [2.24, 2.45) is 4.99 Å². The molecular formula is C31H36N3+. The molecule has 0 spiro atoms. The number of aliphatic imine (C=N–C) groups is 1. The summed E-state index contributed by atoms with van der Waals surface area (Å²) in [6, 6.07) is 13.4. The minimum Gasteiger partial charge on any atom is -0.248 e. The molecule has 1 aromatic heterocycles. The number of imidazole rings is 1. The molecule has 34 heavy (non-hydrogen) atoms. The highest BCUT2D eigenvalue weighted by Gasteiger charge is 2.24. The Kier molecular flexibility index (Phi) is 6.31. The minimum atomic E-state index is 1.03. The number of aryl methyl sites for hydroxylation is 9. The summed E-state index contributed by atoms with van der Waals surface area (Å²) in [4.78, 5) is 5.05.